The van der Waals surface area contributed by atoms with Crippen molar-refractivity contribution in [2.24, 2.45) is 17.8 Å². The maximum absolute atomic E-state index is 12.9. The standard InChI is InChI=1S/C21H30N2O/c1-13-5-4-6-19(14(13)2)22-15(3)20(24)23-21-10-16-7-17(11-21)9-18(8-16)12-21/h4-6,15-18,22H,7-12H2,1-3H3,(H,23,24)/t15-,16?,17?,18?,21?/m1/s1. The van der Waals surface area contributed by atoms with E-state index in [0.29, 0.717) is 0 Å². The van der Waals surface area contributed by atoms with Crippen molar-refractivity contribution in [1.29, 1.82) is 0 Å². The Morgan fingerprint density at radius 3 is 2.25 bits per heavy atom. The molecule has 24 heavy (non-hydrogen) atoms. The number of amides is 1. The molecule has 1 aromatic carbocycles. The Kier molecular flexibility index (Phi) is 3.85. The number of carbonyl (C=O) groups excluding carboxylic acids is 1. The highest BCUT2D eigenvalue weighted by atomic mass is 16.2. The van der Waals surface area contributed by atoms with E-state index in [1.54, 1.807) is 0 Å². The van der Waals surface area contributed by atoms with E-state index in [1.165, 1.54) is 49.7 Å². The predicted octanol–water partition coefficient (Wildman–Crippen LogP) is 4.19. The summed E-state index contributed by atoms with van der Waals surface area (Å²) in [7, 11) is 0. The second-order valence-electron chi connectivity index (χ2n) is 8.80. The third kappa shape index (κ3) is 2.82. The second kappa shape index (κ2) is 5.79. The van der Waals surface area contributed by atoms with Crippen molar-refractivity contribution in [2.75, 3.05) is 5.32 Å². The first-order valence-corrected chi connectivity index (χ1v) is 9.59. The Bertz CT molecular complexity index is 616. The molecule has 0 aliphatic heterocycles. The van der Waals surface area contributed by atoms with E-state index in [4.69, 9.17) is 0 Å². The summed E-state index contributed by atoms with van der Waals surface area (Å²) in [6.07, 6.45) is 7.85. The third-order valence-electron chi connectivity index (χ3n) is 6.80. The minimum atomic E-state index is -0.196. The number of nitrogens with one attached hydrogen (secondary N) is 2. The zero-order chi connectivity index (χ0) is 16.9. The molecule has 4 aliphatic rings. The monoisotopic (exact) mass is 326 g/mol. The van der Waals surface area contributed by atoms with Gasteiger partial charge in [-0.15, -0.1) is 0 Å². The van der Waals surface area contributed by atoms with Crippen molar-refractivity contribution in [3.8, 4) is 0 Å². The van der Waals surface area contributed by atoms with Crippen molar-refractivity contribution in [1.82, 2.24) is 5.32 Å². The molecular weight excluding hydrogens is 296 g/mol. The lowest BCUT2D eigenvalue weighted by Gasteiger charge is -2.57. The molecule has 0 radical (unpaired) electrons. The molecule has 130 valence electrons. The number of benzene rings is 1. The van der Waals surface area contributed by atoms with Crippen LogP contribution in [-0.4, -0.2) is 17.5 Å². The van der Waals surface area contributed by atoms with Gasteiger partial charge in [-0.05, 0) is 94.2 Å². The molecule has 4 fully saturated rings. The molecule has 1 atom stereocenters. The first-order chi connectivity index (χ1) is 11.4. The van der Waals surface area contributed by atoms with Crippen molar-refractivity contribution < 1.29 is 4.79 Å². The summed E-state index contributed by atoms with van der Waals surface area (Å²) in [6.45, 7) is 6.21. The van der Waals surface area contributed by atoms with Gasteiger partial charge >= 0.3 is 0 Å². The number of carbonyl (C=O) groups is 1. The van der Waals surface area contributed by atoms with Crippen molar-refractivity contribution in [2.45, 2.75) is 70.9 Å². The predicted molar refractivity (Wildman–Crippen MR) is 98.0 cm³/mol. The van der Waals surface area contributed by atoms with E-state index in [2.05, 4.69) is 36.6 Å². The second-order valence-corrected chi connectivity index (χ2v) is 8.80. The van der Waals surface area contributed by atoms with Gasteiger partial charge in [0, 0.05) is 11.2 Å². The fourth-order valence-electron chi connectivity index (χ4n) is 5.84. The van der Waals surface area contributed by atoms with Crippen LogP contribution in [0.3, 0.4) is 0 Å². The van der Waals surface area contributed by atoms with E-state index in [-0.39, 0.29) is 17.5 Å². The van der Waals surface area contributed by atoms with Crippen LogP contribution in [0, 0.1) is 31.6 Å². The Morgan fingerprint density at radius 2 is 1.67 bits per heavy atom. The number of hydrogen-bond donors (Lipinski definition) is 2. The molecule has 4 saturated carbocycles. The summed E-state index contributed by atoms with van der Waals surface area (Å²) >= 11 is 0. The molecule has 0 saturated heterocycles. The molecule has 2 N–H and O–H groups in total. The van der Waals surface area contributed by atoms with Crippen molar-refractivity contribution in [3.05, 3.63) is 29.3 Å². The summed E-state index contributed by atoms with van der Waals surface area (Å²) in [5, 5.41) is 6.90. The average molecular weight is 326 g/mol. The number of aryl methyl sites for hydroxylation is 1. The average Bonchev–Trinajstić information content (AvgIpc) is 2.50. The highest BCUT2D eigenvalue weighted by Gasteiger charge is 2.51. The van der Waals surface area contributed by atoms with Gasteiger partial charge in [-0.3, -0.25) is 4.79 Å². The minimum absolute atomic E-state index is 0.101. The Hall–Kier alpha value is -1.51. The summed E-state index contributed by atoms with van der Waals surface area (Å²) in [5.74, 6) is 2.74. The number of rotatable bonds is 4. The molecule has 3 heteroatoms. The van der Waals surface area contributed by atoms with Gasteiger partial charge < -0.3 is 10.6 Å². The highest BCUT2D eigenvalue weighted by Crippen LogP contribution is 2.55. The van der Waals surface area contributed by atoms with Gasteiger partial charge in [0.05, 0.1) is 0 Å². The minimum Gasteiger partial charge on any atom is -0.374 e. The summed E-state index contributed by atoms with van der Waals surface area (Å²) in [5.41, 5.74) is 3.66. The molecule has 0 aromatic heterocycles. The summed E-state index contributed by atoms with van der Waals surface area (Å²) in [6, 6.07) is 6.03. The van der Waals surface area contributed by atoms with Crippen LogP contribution in [-0.2, 0) is 4.79 Å². The molecule has 4 aliphatic carbocycles. The Labute approximate surface area is 145 Å². The largest absolute Gasteiger partial charge is 0.374 e. The quantitative estimate of drug-likeness (QED) is 0.871. The van der Waals surface area contributed by atoms with E-state index >= 15 is 0 Å². The number of hydrogen-bond acceptors (Lipinski definition) is 2. The van der Waals surface area contributed by atoms with Crippen LogP contribution in [0.2, 0.25) is 0 Å². The van der Waals surface area contributed by atoms with Crippen LogP contribution >= 0.6 is 0 Å². The van der Waals surface area contributed by atoms with Crippen LogP contribution in [0.25, 0.3) is 0 Å². The number of anilines is 1. The van der Waals surface area contributed by atoms with Crippen LogP contribution < -0.4 is 10.6 Å². The van der Waals surface area contributed by atoms with Gasteiger partial charge in [0.15, 0.2) is 0 Å². The summed E-state index contributed by atoms with van der Waals surface area (Å²) < 4.78 is 0. The molecular formula is C21H30N2O. The third-order valence-corrected chi connectivity index (χ3v) is 6.80. The lowest BCUT2D eigenvalue weighted by Crippen LogP contribution is -2.61. The molecule has 0 unspecified atom stereocenters. The van der Waals surface area contributed by atoms with Crippen molar-refractivity contribution >= 4 is 11.6 Å². The van der Waals surface area contributed by atoms with E-state index in [1.807, 2.05) is 13.0 Å². The van der Waals surface area contributed by atoms with Gasteiger partial charge in [-0.25, -0.2) is 0 Å². The Balaban J connectivity index is 1.43. The lowest BCUT2D eigenvalue weighted by atomic mass is 9.53. The van der Waals surface area contributed by atoms with E-state index in [9.17, 15) is 4.79 Å². The highest BCUT2D eigenvalue weighted by molar-refractivity contribution is 5.85. The van der Waals surface area contributed by atoms with Crippen LogP contribution in [0.4, 0.5) is 5.69 Å². The molecule has 1 aromatic rings. The SMILES string of the molecule is Cc1cccc(N[C@H](C)C(=O)NC23CC4CC(CC(C4)C2)C3)c1C. The lowest BCUT2D eigenvalue weighted by molar-refractivity contribution is -0.127. The molecule has 4 bridgehead atoms. The zero-order valence-electron chi connectivity index (χ0n) is 15.2. The van der Waals surface area contributed by atoms with Gasteiger partial charge in [-0.2, -0.15) is 0 Å². The Morgan fingerprint density at radius 1 is 1.08 bits per heavy atom. The van der Waals surface area contributed by atoms with E-state index < -0.39 is 0 Å². The van der Waals surface area contributed by atoms with Crippen molar-refractivity contribution in [3.63, 3.8) is 0 Å². The maximum atomic E-state index is 12.9. The maximum Gasteiger partial charge on any atom is 0.242 e. The summed E-state index contributed by atoms with van der Waals surface area (Å²) in [4.78, 5) is 12.9. The van der Waals surface area contributed by atoms with Crippen LogP contribution in [0.5, 0.6) is 0 Å². The van der Waals surface area contributed by atoms with Crippen LogP contribution in [0.15, 0.2) is 18.2 Å². The molecule has 0 heterocycles. The molecule has 5 rings (SSSR count). The van der Waals surface area contributed by atoms with Gasteiger partial charge in [0.25, 0.3) is 0 Å². The molecule has 1 amide bonds. The van der Waals surface area contributed by atoms with Gasteiger partial charge in [0.1, 0.15) is 6.04 Å². The van der Waals surface area contributed by atoms with E-state index in [0.717, 1.165) is 23.4 Å². The zero-order valence-corrected chi connectivity index (χ0v) is 15.2. The fourth-order valence-corrected chi connectivity index (χ4v) is 5.84. The smallest absolute Gasteiger partial charge is 0.242 e. The van der Waals surface area contributed by atoms with Gasteiger partial charge in [-0.1, -0.05) is 12.1 Å². The van der Waals surface area contributed by atoms with Gasteiger partial charge in [0.2, 0.25) is 5.91 Å². The molecule has 3 nitrogen and oxygen atoms in total. The van der Waals surface area contributed by atoms with Crippen LogP contribution in [0.1, 0.15) is 56.6 Å². The normalized spacial score (nSPS) is 34.9. The first kappa shape index (κ1) is 16.0. The topological polar surface area (TPSA) is 41.1 Å². The molecule has 0 spiro atoms. The fraction of sp³-hybridized carbons (Fsp3) is 0.667. The first-order valence-electron chi connectivity index (χ1n) is 9.59.